The summed E-state index contributed by atoms with van der Waals surface area (Å²) in [5.41, 5.74) is -0.597. The lowest BCUT2D eigenvalue weighted by molar-refractivity contribution is -0.153. The summed E-state index contributed by atoms with van der Waals surface area (Å²) in [5.74, 6) is -0.150. The Morgan fingerprint density at radius 1 is 1.60 bits per heavy atom. The number of hydrogen-bond acceptors (Lipinski definition) is 3. The van der Waals surface area contributed by atoms with Gasteiger partial charge in [-0.05, 0) is 25.7 Å². The Labute approximate surface area is 91.8 Å². The Morgan fingerprint density at radius 3 is 2.73 bits per heavy atom. The molecule has 0 aliphatic heterocycles. The van der Waals surface area contributed by atoms with Gasteiger partial charge in [-0.3, -0.25) is 4.79 Å². The fraction of sp³-hybridized carbons (Fsp3) is 0.917. The van der Waals surface area contributed by atoms with Crippen molar-refractivity contribution in [2.45, 2.75) is 64.6 Å². The summed E-state index contributed by atoms with van der Waals surface area (Å²) in [5, 5.41) is 9.99. The lowest BCUT2D eigenvalue weighted by Gasteiger charge is -2.20. The highest BCUT2D eigenvalue weighted by Gasteiger charge is 2.37. The molecule has 1 aliphatic carbocycles. The summed E-state index contributed by atoms with van der Waals surface area (Å²) < 4.78 is 5.36. The SMILES string of the molecule is CCC(C)C(=O)OC1CCC(O)(CC)C1. The van der Waals surface area contributed by atoms with Crippen molar-refractivity contribution in [3.05, 3.63) is 0 Å². The van der Waals surface area contributed by atoms with Crippen LogP contribution in [0.25, 0.3) is 0 Å². The van der Waals surface area contributed by atoms with Crippen molar-refractivity contribution in [3.63, 3.8) is 0 Å². The van der Waals surface area contributed by atoms with Gasteiger partial charge in [0.25, 0.3) is 0 Å². The average Bonchev–Trinajstić information content (AvgIpc) is 2.60. The van der Waals surface area contributed by atoms with Crippen LogP contribution in [0.4, 0.5) is 0 Å². The van der Waals surface area contributed by atoms with Crippen LogP contribution in [0.3, 0.4) is 0 Å². The molecule has 0 bridgehead atoms. The second-order valence-electron chi connectivity index (χ2n) is 4.69. The maximum atomic E-state index is 11.5. The van der Waals surface area contributed by atoms with Crippen molar-refractivity contribution >= 4 is 5.97 Å². The fourth-order valence-corrected chi connectivity index (χ4v) is 1.93. The van der Waals surface area contributed by atoms with E-state index in [-0.39, 0.29) is 18.0 Å². The van der Waals surface area contributed by atoms with Gasteiger partial charge in [-0.2, -0.15) is 0 Å². The topological polar surface area (TPSA) is 46.5 Å². The first-order chi connectivity index (χ1) is 7.00. The molecule has 0 aromatic heterocycles. The van der Waals surface area contributed by atoms with Crippen molar-refractivity contribution < 1.29 is 14.6 Å². The zero-order valence-corrected chi connectivity index (χ0v) is 9.95. The Balaban J connectivity index is 2.39. The molecule has 0 aromatic carbocycles. The van der Waals surface area contributed by atoms with Gasteiger partial charge in [0, 0.05) is 6.42 Å². The second-order valence-corrected chi connectivity index (χ2v) is 4.69. The van der Waals surface area contributed by atoms with Gasteiger partial charge in [-0.15, -0.1) is 0 Å². The molecule has 15 heavy (non-hydrogen) atoms. The molecule has 3 heteroatoms. The van der Waals surface area contributed by atoms with E-state index in [0.717, 1.165) is 25.7 Å². The third-order valence-corrected chi connectivity index (χ3v) is 3.49. The van der Waals surface area contributed by atoms with Crippen LogP contribution in [-0.4, -0.2) is 22.8 Å². The molecule has 3 nitrogen and oxygen atoms in total. The fourth-order valence-electron chi connectivity index (χ4n) is 1.93. The first-order valence-electron chi connectivity index (χ1n) is 5.93. The number of carbonyl (C=O) groups excluding carboxylic acids is 1. The smallest absolute Gasteiger partial charge is 0.308 e. The largest absolute Gasteiger partial charge is 0.462 e. The van der Waals surface area contributed by atoms with Gasteiger partial charge >= 0.3 is 5.97 Å². The van der Waals surface area contributed by atoms with Gasteiger partial charge in [0.1, 0.15) is 6.10 Å². The molecule has 0 heterocycles. The summed E-state index contributed by atoms with van der Waals surface area (Å²) in [4.78, 5) is 11.5. The number of aliphatic hydroxyl groups is 1. The first kappa shape index (κ1) is 12.5. The molecule has 0 spiro atoms. The zero-order valence-electron chi connectivity index (χ0n) is 9.95. The van der Waals surface area contributed by atoms with E-state index < -0.39 is 5.60 Å². The molecule has 0 aromatic rings. The molecular weight excluding hydrogens is 192 g/mol. The van der Waals surface area contributed by atoms with Crippen LogP contribution in [0.1, 0.15) is 52.9 Å². The number of ether oxygens (including phenoxy) is 1. The number of rotatable bonds is 4. The predicted octanol–water partition coefficient (Wildman–Crippen LogP) is 2.27. The average molecular weight is 214 g/mol. The molecule has 3 unspecified atom stereocenters. The first-order valence-corrected chi connectivity index (χ1v) is 5.93. The summed E-state index contributed by atoms with van der Waals surface area (Å²) >= 11 is 0. The molecule has 0 radical (unpaired) electrons. The van der Waals surface area contributed by atoms with Crippen molar-refractivity contribution in [1.82, 2.24) is 0 Å². The minimum absolute atomic E-state index is 0.0275. The van der Waals surface area contributed by atoms with Crippen LogP contribution in [0.5, 0.6) is 0 Å². The van der Waals surface area contributed by atoms with E-state index in [9.17, 15) is 9.90 Å². The summed E-state index contributed by atoms with van der Waals surface area (Å²) in [6.07, 6.45) is 3.63. The lowest BCUT2D eigenvalue weighted by Crippen LogP contribution is -2.26. The Bertz CT molecular complexity index is 227. The molecule has 1 saturated carbocycles. The molecule has 0 amide bonds. The molecule has 1 rings (SSSR count). The van der Waals surface area contributed by atoms with Crippen molar-refractivity contribution in [2.24, 2.45) is 5.92 Å². The molecule has 3 atom stereocenters. The standard InChI is InChI=1S/C12H22O3/c1-4-9(3)11(13)15-10-6-7-12(14,5-2)8-10/h9-10,14H,4-8H2,1-3H3. The van der Waals surface area contributed by atoms with Crippen molar-refractivity contribution in [3.8, 4) is 0 Å². The molecule has 88 valence electrons. The van der Waals surface area contributed by atoms with E-state index in [2.05, 4.69) is 0 Å². The third kappa shape index (κ3) is 3.20. The number of carbonyl (C=O) groups is 1. The van der Waals surface area contributed by atoms with Crippen LogP contribution < -0.4 is 0 Å². The number of esters is 1. The van der Waals surface area contributed by atoms with Gasteiger partial charge < -0.3 is 9.84 Å². The lowest BCUT2D eigenvalue weighted by atomic mass is 9.99. The quantitative estimate of drug-likeness (QED) is 0.730. The van der Waals surface area contributed by atoms with E-state index >= 15 is 0 Å². The van der Waals surface area contributed by atoms with E-state index in [1.165, 1.54) is 0 Å². The third-order valence-electron chi connectivity index (χ3n) is 3.49. The summed E-state index contributed by atoms with van der Waals surface area (Å²) in [6, 6.07) is 0. The summed E-state index contributed by atoms with van der Waals surface area (Å²) in [6.45, 7) is 5.82. The molecule has 1 fully saturated rings. The highest BCUT2D eigenvalue weighted by atomic mass is 16.5. The van der Waals surface area contributed by atoms with Gasteiger partial charge in [-0.25, -0.2) is 0 Å². The Morgan fingerprint density at radius 2 is 2.27 bits per heavy atom. The van der Waals surface area contributed by atoms with Crippen LogP contribution >= 0.6 is 0 Å². The normalized spacial score (nSPS) is 32.7. The van der Waals surface area contributed by atoms with Crippen molar-refractivity contribution in [1.29, 1.82) is 0 Å². The van der Waals surface area contributed by atoms with Gasteiger partial charge in [0.15, 0.2) is 0 Å². The zero-order chi connectivity index (χ0) is 11.5. The van der Waals surface area contributed by atoms with Gasteiger partial charge in [0.05, 0.1) is 11.5 Å². The van der Waals surface area contributed by atoms with E-state index in [1.807, 2.05) is 20.8 Å². The highest BCUT2D eigenvalue weighted by molar-refractivity contribution is 5.72. The molecule has 0 saturated heterocycles. The van der Waals surface area contributed by atoms with Gasteiger partial charge in [0.2, 0.25) is 0 Å². The minimum atomic E-state index is -0.597. The van der Waals surface area contributed by atoms with Crippen molar-refractivity contribution in [2.75, 3.05) is 0 Å². The van der Waals surface area contributed by atoms with Crippen LogP contribution in [0.15, 0.2) is 0 Å². The monoisotopic (exact) mass is 214 g/mol. The van der Waals surface area contributed by atoms with Crippen LogP contribution in [-0.2, 0) is 9.53 Å². The summed E-state index contributed by atoms with van der Waals surface area (Å²) in [7, 11) is 0. The molecule has 1 aliphatic rings. The maximum absolute atomic E-state index is 11.5. The van der Waals surface area contributed by atoms with Crippen LogP contribution in [0, 0.1) is 5.92 Å². The minimum Gasteiger partial charge on any atom is -0.462 e. The molecular formula is C12H22O3. The maximum Gasteiger partial charge on any atom is 0.308 e. The Kier molecular flexibility index (Phi) is 4.14. The highest BCUT2D eigenvalue weighted by Crippen LogP contribution is 2.34. The van der Waals surface area contributed by atoms with E-state index in [0.29, 0.717) is 6.42 Å². The van der Waals surface area contributed by atoms with Crippen LogP contribution in [0.2, 0.25) is 0 Å². The van der Waals surface area contributed by atoms with Gasteiger partial charge in [-0.1, -0.05) is 20.8 Å². The molecule has 1 N–H and O–H groups in total. The predicted molar refractivity (Wildman–Crippen MR) is 58.4 cm³/mol. The Hall–Kier alpha value is -0.570. The number of hydrogen-bond donors (Lipinski definition) is 1. The van der Waals surface area contributed by atoms with E-state index in [1.54, 1.807) is 0 Å². The van der Waals surface area contributed by atoms with E-state index in [4.69, 9.17) is 4.74 Å². The second kappa shape index (κ2) is 4.97.